The maximum Gasteiger partial charge on any atom is 0.289 e. The Morgan fingerprint density at radius 1 is 1.03 bits per heavy atom. The van der Waals surface area contributed by atoms with Crippen molar-refractivity contribution in [3.05, 3.63) is 42.6 Å². The summed E-state index contributed by atoms with van der Waals surface area (Å²) in [6.07, 6.45) is 6.46. The molecular formula is C22H27N5O4. The molecule has 3 saturated heterocycles. The molecule has 0 aromatic carbocycles. The largest absolute Gasteiger partial charge is 0.459 e. The number of anilines is 1. The fraction of sp³-hybridized carbons (Fsp3) is 0.545. The minimum atomic E-state index is -0.561. The Bertz CT molecular complexity index is 915. The first-order valence-corrected chi connectivity index (χ1v) is 10.9. The molecule has 0 N–H and O–H groups in total. The van der Waals surface area contributed by atoms with Gasteiger partial charge in [-0.1, -0.05) is 0 Å². The fourth-order valence-corrected chi connectivity index (χ4v) is 5.21. The number of aromatic nitrogens is 2. The van der Waals surface area contributed by atoms with Crippen molar-refractivity contribution in [3.63, 3.8) is 0 Å². The summed E-state index contributed by atoms with van der Waals surface area (Å²) < 4.78 is 10.8. The van der Waals surface area contributed by atoms with Crippen LogP contribution in [0.3, 0.4) is 0 Å². The number of furan rings is 1. The number of likely N-dealkylation sites (tertiary alicyclic amines) is 1. The normalized spacial score (nSPS) is 26.5. The highest BCUT2D eigenvalue weighted by Crippen LogP contribution is 2.45. The molecule has 3 fully saturated rings. The molecule has 0 unspecified atom stereocenters. The Morgan fingerprint density at radius 3 is 2.58 bits per heavy atom. The van der Waals surface area contributed by atoms with Gasteiger partial charge in [0.2, 0.25) is 11.9 Å². The zero-order valence-corrected chi connectivity index (χ0v) is 17.5. The highest BCUT2D eigenvalue weighted by atomic mass is 16.5. The Hall–Kier alpha value is -2.94. The molecule has 2 atom stereocenters. The molecule has 31 heavy (non-hydrogen) atoms. The summed E-state index contributed by atoms with van der Waals surface area (Å²) >= 11 is 0. The van der Waals surface area contributed by atoms with Crippen LogP contribution < -0.4 is 4.90 Å². The summed E-state index contributed by atoms with van der Waals surface area (Å²) in [7, 11) is 0. The molecule has 0 bridgehead atoms. The third kappa shape index (κ3) is 3.67. The van der Waals surface area contributed by atoms with Gasteiger partial charge in [-0.25, -0.2) is 9.97 Å². The lowest BCUT2D eigenvalue weighted by Gasteiger charge is -2.38. The molecule has 2 amide bonds. The molecule has 3 aliphatic heterocycles. The summed E-state index contributed by atoms with van der Waals surface area (Å²) in [6, 6.07) is 5.20. The van der Waals surface area contributed by atoms with Crippen molar-refractivity contribution in [2.24, 2.45) is 11.3 Å². The number of ether oxygens (including phenoxy) is 1. The number of hydrogen-bond donors (Lipinski definition) is 0. The number of hydrogen-bond acceptors (Lipinski definition) is 7. The van der Waals surface area contributed by atoms with Gasteiger partial charge in [0.05, 0.1) is 24.9 Å². The van der Waals surface area contributed by atoms with Gasteiger partial charge in [-0.05, 0) is 31.0 Å². The molecule has 0 aliphatic carbocycles. The SMILES string of the molecule is O=C(c1ccco1)N1CCC[C@@]2(C(=O)N3CCOCC3)CN(c3ncccn3)C[C@H]2C1. The van der Waals surface area contributed by atoms with Crippen LogP contribution in [0.1, 0.15) is 23.4 Å². The van der Waals surface area contributed by atoms with E-state index in [-0.39, 0.29) is 17.7 Å². The van der Waals surface area contributed by atoms with Gasteiger partial charge in [-0.2, -0.15) is 0 Å². The van der Waals surface area contributed by atoms with E-state index in [1.807, 2.05) is 9.80 Å². The smallest absolute Gasteiger partial charge is 0.289 e. The van der Waals surface area contributed by atoms with Gasteiger partial charge in [0.15, 0.2) is 5.76 Å². The Morgan fingerprint density at radius 2 is 1.84 bits per heavy atom. The van der Waals surface area contributed by atoms with Crippen molar-refractivity contribution < 1.29 is 18.7 Å². The Balaban J connectivity index is 1.45. The number of rotatable bonds is 3. The van der Waals surface area contributed by atoms with Crippen LogP contribution in [0.4, 0.5) is 5.95 Å². The zero-order chi connectivity index (χ0) is 21.3. The number of nitrogens with zero attached hydrogens (tertiary/aromatic N) is 5. The molecule has 5 heterocycles. The molecular weight excluding hydrogens is 398 g/mol. The van der Waals surface area contributed by atoms with Crippen molar-refractivity contribution in [3.8, 4) is 0 Å². The van der Waals surface area contributed by atoms with E-state index in [0.717, 1.165) is 12.8 Å². The Labute approximate surface area is 181 Å². The van der Waals surface area contributed by atoms with Crippen LogP contribution >= 0.6 is 0 Å². The highest BCUT2D eigenvalue weighted by molar-refractivity contribution is 5.92. The maximum absolute atomic E-state index is 13.9. The predicted octanol–water partition coefficient (Wildman–Crippen LogP) is 1.29. The zero-order valence-electron chi connectivity index (χ0n) is 17.5. The quantitative estimate of drug-likeness (QED) is 0.732. The van der Waals surface area contributed by atoms with Gasteiger partial charge in [0, 0.05) is 57.6 Å². The van der Waals surface area contributed by atoms with Gasteiger partial charge in [0.25, 0.3) is 5.91 Å². The van der Waals surface area contributed by atoms with Crippen LogP contribution in [0, 0.1) is 11.3 Å². The second-order valence-electron chi connectivity index (χ2n) is 8.52. The third-order valence-corrected chi connectivity index (χ3v) is 6.77. The minimum absolute atomic E-state index is 0.00642. The van der Waals surface area contributed by atoms with Crippen LogP contribution in [0.25, 0.3) is 0 Å². The topological polar surface area (TPSA) is 92.0 Å². The second-order valence-corrected chi connectivity index (χ2v) is 8.52. The van der Waals surface area contributed by atoms with Crippen molar-refractivity contribution in [2.45, 2.75) is 12.8 Å². The number of amides is 2. The average Bonchev–Trinajstić information content (AvgIpc) is 3.45. The summed E-state index contributed by atoms with van der Waals surface area (Å²) in [5.74, 6) is 1.02. The first-order valence-electron chi connectivity index (χ1n) is 10.9. The standard InChI is InChI=1S/C22H27N5O4/c28-19(18-4-1-11-31-18)26-8-2-5-22(20(29)25-9-12-30-13-10-25)16-27(15-17(22)14-26)21-23-6-3-7-24-21/h1,3-4,6-7,11,17H,2,5,8-10,12-16H2/t17-,22-/m1/s1. The first-order chi connectivity index (χ1) is 15.2. The molecule has 0 saturated carbocycles. The van der Waals surface area contributed by atoms with Gasteiger partial charge in [-0.15, -0.1) is 0 Å². The predicted molar refractivity (Wildman–Crippen MR) is 111 cm³/mol. The first kappa shape index (κ1) is 20.0. The fourth-order valence-electron chi connectivity index (χ4n) is 5.21. The Kier molecular flexibility index (Phi) is 5.35. The molecule has 5 rings (SSSR count). The summed E-state index contributed by atoms with van der Waals surface area (Å²) in [5, 5.41) is 0. The van der Waals surface area contributed by atoms with Crippen LogP contribution in [-0.4, -0.2) is 84.1 Å². The van der Waals surface area contributed by atoms with Crippen molar-refractivity contribution in [1.82, 2.24) is 19.8 Å². The van der Waals surface area contributed by atoms with Crippen molar-refractivity contribution in [2.75, 3.05) is 57.4 Å². The number of fused-ring (bicyclic) bond motifs is 1. The van der Waals surface area contributed by atoms with E-state index in [1.165, 1.54) is 6.26 Å². The number of carbonyl (C=O) groups excluding carboxylic acids is 2. The van der Waals surface area contributed by atoms with E-state index in [1.54, 1.807) is 30.6 Å². The van der Waals surface area contributed by atoms with E-state index in [0.29, 0.717) is 64.2 Å². The average molecular weight is 425 g/mol. The molecule has 0 spiro atoms. The molecule has 2 aromatic rings. The van der Waals surface area contributed by atoms with Gasteiger partial charge in [-0.3, -0.25) is 9.59 Å². The van der Waals surface area contributed by atoms with Gasteiger partial charge < -0.3 is 23.9 Å². The van der Waals surface area contributed by atoms with E-state index in [4.69, 9.17) is 9.15 Å². The van der Waals surface area contributed by atoms with E-state index in [2.05, 4.69) is 14.9 Å². The lowest BCUT2D eigenvalue weighted by molar-refractivity contribution is -0.148. The third-order valence-electron chi connectivity index (χ3n) is 6.77. The van der Waals surface area contributed by atoms with Gasteiger partial charge in [0.1, 0.15) is 0 Å². The molecule has 2 aromatic heterocycles. The van der Waals surface area contributed by atoms with Crippen LogP contribution in [-0.2, 0) is 9.53 Å². The molecule has 3 aliphatic rings. The van der Waals surface area contributed by atoms with Crippen molar-refractivity contribution >= 4 is 17.8 Å². The molecule has 9 nitrogen and oxygen atoms in total. The van der Waals surface area contributed by atoms with Crippen LogP contribution in [0.15, 0.2) is 41.3 Å². The number of carbonyl (C=O) groups is 2. The minimum Gasteiger partial charge on any atom is -0.459 e. The lowest BCUT2D eigenvalue weighted by Crippen LogP contribution is -2.53. The highest BCUT2D eigenvalue weighted by Gasteiger charge is 2.55. The monoisotopic (exact) mass is 425 g/mol. The molecule has 9 heteroatoms. The van der Waals surface area contributed by atoms with E-state index < -0.39 is 5.41 Å². The lowest BCUT2D eigenvalue weighted by atomic mass is 9.73. The molecule has 164 valence electrons. The summed E-state index contributed by atoms with van der Waals surface area (Å²) in [4.78, 5) is 41.6. The van der Waals surface area contributed by atoms with E-state index >= 15 is 0 Å². The maximum atomic E-state index is 13.9. The van der Waals surface area contributed by atoms with E-state index in [9.17, 15) is 9.59 Å². The van der Waals surface area contributed by atoms with Crippen molar-refractivity contribution in [1.29, 1.82) is 0 Å². The summed E-state index contributed by atoms with van der Waals surface area (Å²) in [5.41, 5.74) is -0.561. The van der Waals surface area contributed by atoms with Gasteiger partial charge >= 0.3 is 0 Å². The molecule has 0 radical (unpaired) electrons. The number of morpholine rings is 1. The second kappa shape index (κ2) is 8.30. The summed E-state index contributed by atoms with van der Waals surface area (Å²) in [6.45, 7) is 4.72. The van der Waals surface area contributed by atoms with Crippen LogP contribution in [0.5, 0.6) is 0 Å². The van der Waals surface area contributed by atoms with Crippen LogP contribution in [0.2, 0.25) is 0 Å².